The van der Waals surface area contributed by atoms with Gasteiger partial charge in [-0.05, 0) is 49.6 Å². The van der Waals surface area contributed by atoms with Crippen LogP contribution in [0.4, 0.5) is 5.69 Å². The SMILES string of the molecule is COc1cc(C(=O)NC2CCN(CC(=O)Nc3ccccc3)CC2)ccc1C. The Morgan fingerprint density at radius 1 is 1.11 bits per heavy atom. The van der Waals surface area contributed by atoms with Gasteiger partial charge in [-0.1, -0.05) is 24.3 Å². The minimum atomic E-state index is -0.0847. The van der Waals surface area contributed by atoms with Crippen molar-refractivity contribution in [3.8, 4) is 5.75 Å². The highest BCUT2D eigenvalue weighted by atomic mass is 16.5. The summed E-state index contributed by atoms with van der Waals surface area (Å²) in [7, 11) is 1.60. The lowest BCUT2D eigenvalue weighted by molar-refractivity contribution is -0.117. The molecule has 6 heteroatoms. The molecule has 0 bridgehead atoms. The summed E-state index contributed by atoms with van der Waals surface area (Å²) in [6.07, 6.45) is 1.65. The Morgan fingerprint density at radius 3 is 2.50 bits per heavy atom. The van der Waals surface area contributed by atoms with Crippen LogP contribution in [0.25, 0.3) is 0 Å². The van der Waals surface area contributed by atoms with Crippen molar-refractivity contribution >= 4 is 17.5 Å². The molecular formula is C22H27N3O3. The molecule has 2 aromatic rings. The number of nitrogens with zero attached hydrogens (tertiary/aromatic N) is 1. The molecule has 1 fully saturated rings. The zero-order valence-electron chi connectivity index (χ0n) is 16.4. The van der Waals surface area contributed by atoms with E-state index in [1.54, 1.807) is 13.2 Å². The highest BCUT2D eigenvalue weighted by Gasteiger charge is 2.22. The predicted octanol–water partition coefficient (Wildman–Crippen LogP) is 2.84. The highest BCUT2D eigenvalue weighted by Crippen LogP contribution is 2.19. The van der Waals surface area contributed by atoms with Crippen molar-refractivity contribution in [1.29, 1.82) is 0 Å². The van der Waals surface area contributed by atoms with Crippen LogP contribution in [0.5, 0.6) is 5.75 Å². The lowest BCUT2D eigenvalue weighted by Gasteiger charge is -2.31. The quantitative estimate of drug-likeness (QED) is 0.807. The van der Waals surface area contributed by atoms with E-state index in [0.29, 0.717) is 17.9 Å². The van der Waals surface area contributed by atoms with Gasteiger partial charge in [0.2, 0.25) is 5.91 Å². The summed E-state index contributed by atoms with van der Waals surface area (Å²) in [4.78, 5) is 26.8. The normalized spacial score (nSPS) is 15.1. The Labute approximate surface area is 165 Å². The number of benzene rings is 2. The number of hydrogen-bond donors (Lipinski definition) is 2. The molecule has 0 atom stereocenters. The van der Waals surface area contributed by atoms with E-state index < -0.39 is 0 Å². The van der Waals surface area contributed by atoms with Gasteiger partial charge in [-0.2, -0.15) is 0 Å². The van der Waals surface area contributed by atoms with E-state index in [-0.39, 0.29) is 17.9 Å². The lowest BCUT2D eigenvalue weighted by atomic mass is 10.0. The molecule has 6 nitrogen and oxygen atoms in total. The summed E-state index contributed by atoms with van der Waals surface area (Å²) in [5, 5.41) is 6.01. The fourth-order valence-corrected chi connectivity index (χ4v) is 3.39. The maximum atomic E-state index is 12.5. The second-order valence-electron chi connectivity index (χ2n) is 7.12. The molecule has 0 radical (unpaired) electrons. The van der Waals surface area contributed by atoms with Gasteiger partial charge < -0.3 is 15.4 Å². The number of rotatable bonds is 6. The zero-order chi connectivity index (χ0) is 19.9. The fraction of sp³-hybridized carbons (Fsp3) is 0.364. The first-order valence-corrected chi connectivity index (χ1v) is 9.58. The molecule has 148 valence electrons. The summed E-state index contributed by atoms with van der Waals surface area (Å²) in [5.74, 6) is 0.617. The van der Waals surface area contributed by atoms with Gasteiger partial charge in [0, 0.05) is 30.4 Å². The smallest absolute Gasteiger partial charge is 0.251 e. The average Bonchev–Trinajstić information content (AvgIpc) is 2.70. The summed E-state index contributed by atoms with van der Waals surface area (Å²) >= 11 is 0. The molecule has 0 saturated carbocycles. The minimum absolute atomic E-state index is 0.0135. The van der Waals surface area contributed by atoms with Crippen LogP contribution >= 0.6 is 0 Å². The Morgan fingerprint density at radius 2 is 1.82 bits per heavy atom. The fourth-order valence-electron chi connectivity index (χ4n) is 3.39. The molecule has 0 spiro atoms. The Hall–Kier alpha value is -2.86. The summed E-state index contributed by atoms with van der Waals surface area (Å²) in [6, 6.07) is 15.1. The van der Waals surface area contributed by atoms with E-state index in [1.807, 2.05) is 49.4 Å². The van der Waals surface area contributed by atoms with E-state index in [0.717, 1.165) is 37.2 Å². The number of anilines is 1. The molecule has 28 heavy (non-hydrogen) atoms. The number of amides is 2. The summed E-state index contributed by atoms with van der Waals surface area (Å²) in [6.45, 7) is 3.88. The van der Waals surface area contributed by atoms with Gasteiger partial charge in [0.1, 0.15) is 5.75 Å². The average molecular weight is 381 g/mol. The number of likely N-dealkylation sites (tertiary alicyclic amines) is 1. The topological polar surface area (TPSA) is 70.7 Å². The van der Waals surface area contributed by atoms with E-state index in [1.165, 1.54) is 0 Å². The van der Waals surface area contributed by atoms with Crippen LogP contribution in [0.1, 0.15) is 28.8 Å². The maximum absolute atomic E-state index is 12.5. The van der Waals surface area contributed by atoms with Crippen LogP contribution in [0, 0.1) is 6.92 Å². The first-order chi connectivity index (χ1) is 13.5. The van der Waals surface area contributed by atoms with Crippen molar-refractivity contribution in [3.63, 3.8) is 0 Å². The molecule has 0 aliphatic carbocycles. The number of carbonyl (C=O) groups excluding carboxylic acids is 2. The molecule has 3 rings (SSSR count). The van der Waals surface area contributed by atoms with Crippen LogP contribution in [-0.2, 0) is 4.79 Å². The van der Waals surface area contributed by atoms with Crippen molar-refractivity contribution < 1.29 is 14.3 Å². The largest absolute Gasteiger partial charge is 0.496 e. The van der Waals surface area contributed by atoms with E-state index in [9.17, 15) is 9.59 Å². The molecular weight excluding hydrogens is 354 g/mol. The van der Waals surface area contributed by atoms with Gasteiger partial charge >= 0.3 is 0 Å². The standard InChI is InChI=1S/C22H27N3O3/c1-16-8-9-17(14-20(16)28-2)22(27)24-19-10-12-25(13-11-19)15-21(26)23-18-6-4-3-5-7-18/h3-9,14,19H,10-13,15H2,1-2H3,(H,23,26)(H,24,27). The molecule has 1 heterocycles. The first kappa shape index (κ1) is 19.9. The summed E-state index contributed by atoms with van der Waals surface area (Å²) < 4.78 is 5.29. The molecule has 2 aromatic carbocycles. The third kappa shape index (κ3) is 5.33. The molecule has 1 aliphatic rings. The number of nitrogens with one attached hydrogen (secondary N) is 2. The van der Waals surface area contributed by atoms with E-state index >= 15 is 0 Å². The van der Waals surface area contributed by atoms with Crippen molar-refractivity contribution in [2.24, 2.45) is 0 Å². The van der Waals surface area contributed by atoms with Crippen LogP contribution in [0.15, 0.2) is 48.5 Å². The van der Waals surface area contributed by atoms with Crippen molar-refractivity contribution in [3.05, 3.63) is 59.7 Å². The van der Waals surface area contributed by atoms with Crippen molar-refractivity contribution in [2.75, 3.05) is 32.1 Å². The Bertz CT molecular complexity index is 815. The third-order valence-electron chi connectivity index (χ3n) is 5.02. The van der Waals surface area contributed by atoms with Crippen LogP contribution in [0.3, 0.4) is 0 Å². The van der Waals surface area contributed by atoms with Crippen molar-refractivity contribution in [2.45, 2.75) is 25.8 Å². The first-order valence-electron chi connectivity index (χ1n) is 9.58. The van der Waals surface area contributed by atoms with Gasteiger partial charge in [0.15, 0.2) is 0 Å². The van der Waals surface area contributed by atoms with Gasteiger partial charge in [-0.15, -0.1) is 0 Å². The number of methoxy groups -OCH3 is 1. The lowest BCUT2D eigenvalue weighted by Crippen LogP contribution is -2.46. The second-order valence-corrected chi connectivity index (χ2v) is 7.12. The number of para-hydroxylation sites is 1. The monoisotopic (exact) mass is 381 g/mol. The predicted molar refractivity (Wildman–Crippen MR) is 110 cm³/mol. The van der Waals surface area contributed by atoms with Crippen LogP contribution < -0.4 is 15.4 Å². The highest BCUT2D eigenvalue weighted by molar-refractivity contribution is 5.95. The van der Waals surface area contributed by atoms with Gasteiger partial charge in [0.05, 0.1) is 13.7 Å². The van der Waals surface area contributed by atoms with E-state index in [4.69, 9.17) is 4.74 Å². The van der Waals surface area contributed by atoms with Gasteiger partial charge in [-0.3, -0.25) is 14.5 Å². The number of aryl methyl sites for hydroxylation is 1. The Kier molecular flexibility index (Phi) is 6.66. The maximum Gasteiger partial charge on any atom is 0.251 e. The number of piperidine rings is 1. The number of carbonyl (C=O) groups is 2. The van der Waals surface area contributed by atoms with Crippen LogP contribution in [-0.4, -0.2) is 49.5 Å². The molecule has 0 unspecified atom stereocenters. The van der Waals surface area contributed by atoms with Crippen LogP contribution in [0.2, 0.25) is 0 Å². The van der Waals surface area contributed by atoms with E-state index in [2.05, 4.69) is 15.5 Å². The number of ether oxygens (including phenoxy) is 1. The summed E-state index contributed by atoms with van der Waals surface area (Å²) in [5.41, 5.74) is 2.41. The second kappa shape index (κ2) is 9.37. The molecule has 1 saturated heterocycles. The minimum Gasteiger partial charge on any atom is -0.496 e. The van der Waals surface area contributed by atoms with Gasteiger partial charge in [-0.25, -0.2) is 0 Å². The molecule has 2 amide bonds. The zero-order valence-corrected chi connectivity index (χ0v) is 16.4. The van der Waals surface area contributed by atoms with Gasteiger partial charge in [0.25, 0.3) is 5.91 Å². The number of hydrogen-bond acceptors (Lipinski definition) is 4. The molecule has 1 aliphatic heterocycles. The third-order valence-corrected chi connectivity index (χ3v) is 5.02. The molecule has 2 N–H and O–H groups in total. The van der Waals surface area contributed by atoms with Crippen molar-refractivity contribution in [1.82, 2.24) is 10.2 Å². The molecule has 0 aromatic heterocycles. The Balaban J connectivity index is 1.45.